The summed E-state index contributed by atoms with van der Waals surface area (Å²) in [7, 11) is 0. The first-order chi connectivity index (χ1) is 10.4. The molecule has 0 saturated carbocycles. The average molecular weight is 271 g/mol. The van der Waals surface area contributed by atoms with E-state index >= 15 is 0 Å². The van der Waals surface area contributed by atoms with Gasteiger partial charge in [0.25, 0.3) is 0 Å². The van der Waals surface area contributed by atoms with Crippen LogP contribution in [0.2, 0.25) is 0 Å². The van der Waals surface area contributed by atoms with Crippen LogP contribution in [0.1, 0.15) is 5.56 Å². The van der Waals surface area contributed by atoms with Crippen LogP contribution >= 0.6 is 0 Å². The summed E-state index contributed by atoms with van der Waals surface area (Å²) < 4.78 is 0. The topological polar surface area (TPSA) is 49.6 Å². The number of hydrogen-bond donors (Lipinski definition) is 0. The molecule has 3 heteroatoms. The van der Waals surface area contributed by atoms with Gasteiger partial charge in [-0.25, -0.2) is 0 Å². The van der Waals surface area contributed by atoms with E-state index in [0.717, 1.165) is 27.8 Å². The maximum Gasteiger partial charge on any atom is 0.0669 e. The van der Waals surface area contributed by atoms with E-state index in [1.54, 1.807) is 12.4 Å². The van der Waals surface area contributed by atoms with Gasteiger partial charge in [-0.1, -0.05) is 24.3 Å². The van der Waals surface area contributed by atoms with Crippen LogP contribution in [-0.2, 0) is 6.42 Å². The van der Waals surface area contributed by atoms with Crippen LogP contribution in [0.15, 0.2) is 67.3 Å². The maximum absolute atomic E-state index is 8.90. The molecule has 0 aliphatic carbocycles. The monoisotopic (exact) mass is 271 g/mol. The van der Waals surface area contributed by atoms with E-state index in [1.165, 1.54) is 0 Å². The lowest BCUT2D eigenvalue weighted by Crippen LogP contribution is -1.90. The van der Waals surface area contributed by atoms with Crippen molar-refractivity contribution in [2.24, 2.45) is 0 Å². The highest BCUT2D eigenvalue weighted by molar-refractivity contribution is 5.83. The summed E-state index contributed by atoms with van der Waals surface area (Å²) in [4.78, 5) is 8.38. The number of hydrogen-bond acceptors (Lipinski definition) is 3. The van der Waals surface area contributed by atoms with Crippen LogP contribution in [0.25, 0.3) is 22.3 Å². The second kappa shape index (κ2) is 5.98. The summed E-state index contributed by atoms with van der Waals surface area (Å²) in [5, 5.41) is 8.90. The van der Waals surface area contributed by atoms with Crippen molar-refractivity contribution in [1.29, 1.82) is 5.26 Å². The highest BCUT2D eigenvalue weighted by Crippen LogP contribution is 2.32. The van der Waals surface area contributed by atoms with Crippen molar-refractivity contribution in [3.8, 4) is 28.3 Å². The lowest BCUT2D eigenvalue weighted by Gasteiger charge is -2.11. The second-order valence-corrected chi connectivity index (χ2v) is 4.70. The fraction of sp³-hybridized carbons (Fsp3) is 0.0556. The van der Waals surface area contributed by atoms with Gasteiger partial charge >= 0.3 is 0 Å². The molecule has 0 aliphatic heterocycles. The van der Waals surface area contributed by atoms with Gasteiger partial charge < -0.3 is 0 Å². The molecule has 0 radical (unpaired) electrons. The standard InChI is InChI=1S/C18H13N3/c19-8-7-14-5-6-17(15-3-1-9-20-12-15)18(11-14)16-4-2-10-21-13-16/h1-6,9-13H,7H2. The Balaban J connectivity index is 2.18. The molecule has 1 aromatic carbocycles. The number of rotatable bonds is 3. The predicted octanol–water partition coefficient (Wildman–Crippen LogP) is 3.88. The smallest absolute Gasteiger partial charge is 0.0669 e. The van der Waals surface area contributed by atoms with Crippen molar-refractivity contribution in [3.05, 3.63) is 72.8 Å². The molecule has 21 heavy (non-hydrogen) atoms. The highest BCUT2D eigenvalue weighted by atomic mass is 14.6. The average Bonchev–Trinajstić information content (AvgIpc) is 2.57. The zero-order valence-electron chi connectivity index (χ0n) is 11.4. The van der Waals surface area contributed by atoms with Gasteiger partial charge in [0.1, 0.15) is 0 Å². The van der Waals surface area contributed by atoms with Gasteiger partial charge in [-0.2, -0.15) is 5.26 Å². The van der Waals surface area contributed by atoms with E-state index in [-0.39, 0.29) is 0 Å². The summed E-state index contributed by atoms with van der Waals surface area (Å²) in [6.07, 6.45) is 7.61. The number of aromatic nitrogens is 2. The summed E-state index contributed by atoms with van der Waals surface area (Å²) in [6.45, 7) is 0. The Labute approximate surface area is 123 Å². The number of benzene rings is 1. The molecule has 3 nitrogen and oxygen atoms in total. The second-order valence-electron chi connectivity index (χ2n) is 4.70. The minimum Gasteiger partial charge on any atom is -0.264 e. The molecular formula is C18H13N3. The Morgan fingerprint density at radius 2 is 1.52 bits per heavy atom. The van der Waals surface area contributed by atoms with Gasteiger partial charge in [-0.15, -0.1) is 0 Å². The quantitative estimate of drug-likeness (QED) is 0.726. The first-order valence-electron chi connectivity index (χ1n) is 6.69. The Kier molecular flexibility index (Phi) is 3.70. The van der Waals surface area contributed by atoms with E-state index in [0.29, 0.717) is 6.42 Å². The fourth-order valence-corrected chi connectivity index (χ4v) is 2.33. The predicted molar refractivity (Wildman–Crippen MR) is 82.2 cm³/mol. The SMILES string of the molecule is N#CCc1ccc(-c2cccnc2)c(-c2cccnc2)c1. The molecule has 3 rings (SSSR count). The molecule has 0 aliphatic rings. The van der Waals surface area contributed by atoms with Crippen LogP contribution in [0.3, 0.4) is 0 Å². The maximum atomic E-state index is 8.90. The van der Waals surface area contributed by atoms with Gasteiger partial charge in [0.15, 0.2) is 0 Å². The summed E-state index contributed by atoms with van der Waals surface area (Å²) in [6, 6.07) is 16.2. The Morgan fingerprint density at radius 1 is 0.857 bits per heavy atom. The van der Waals surface area contributed by atoms with Crippen molar-refractivity contribution in [2.45, 2.75) is 6.42 Å². The Morgan fingerprint density at radius 3 is 2.10 bits per heavy atom. The number of nitrogens with zero attached hydrogens (tertiary/aromatic N) is 3. The summed E-state index contributed by atoms with van der Waals surface area (Å²) in [5.41, 5.74) is 5.27. The molecule has 0 unspecified atom stereocenters. The molecule has 0 fully saturated rings. The molecule has 0 amide bonds. The van der Waals surface area contributed by atoms with Crippen molar-refractivity contribution >= 4 is 0 Å². The molecule has 0 atom stereocenters. The molecular weight excluding hydrogens is 258 g/mol. The van der Waals surface area contributed by atoms with Gasteiger partial charge in [0, 0.05) is 35.9 Å². The molecule has 2 heterocycles. The number of nitriles is 1. The van der Waals surface area contributed by atoms with Crippen molar-refractivity contribution in [3.63, 3.8) is 0 Å². The molecule has 0 saturated heterocycles. The van der Waals surface area contributed by atoms with E-state index in [1.807, 2.05) is 48.8 Å². The van der Waals surface area contributed by atoms with E-state index in [9.17, 15) is 0 Å². The molecule has 3 aromatic rings. The van der Waals surface area contributed by atoms with Crippen molar-refractivity contribution in [1.82, 2.24) is 9.97 Å². The minimum atomic E-state index is 0.403. The number of pyridine rings is 2. The fourth-order valence-electron chi connectivity index (χ4n) is 2.33. The largest absolute Gasteiger partial charge is 0.264 e. The summed E-state index contributed by atoms with van der Waals surface area (Å²) >= 11 is 0. The Bertz CT molecular complexity index is 775. The van der Waals surface area contributed by atoms with Crippen LogP contribution in [0.4, 0.5) is 0 Å². The van der Waals surface area contributed by atoms with E-state index in [4.69, 9.17) is 5.26 Å². The molecule has 2 aromatic heterocycles. The van der Waals surface area contributed by atoms with Gasteiger partial charge in [0.2, 0.25) is 0 Å². The molecule has 0 bridgehead atoms. The van der Waals surface area contributed by atoms with Crippen LogP contribution < -0.4 is 0 Å². The highest BCUT2D eigenvalue weighted by Gasteiger charge is 2.09. The van der Waals surface area contributed by atoms with Gasteiger partial charge in [-0.05, 0) is 34.9 Å². The third-order valence-corrected chi connectivity index (χ3v) is 3.31. The minimum absolute atomic E-state index is 0.403. The Hall–Kier alpha value is -2.99. The van der Waals surface area contributed by atoms with Crippen LogP contribution in [0.5, 0.6) is 0 Å². The normalized spacial score (nSPS) is 10.0. The summed E-state index contributed by atoms with van der Waals surface area (Å²) in [5.74, 6) is 0. The van der Waals surface area contributed by atoms with E-state index in [2.05, 4.69) is 22.1 Å². The lowest BCUT2D eigenvalue weighted by molar-refractivity contribution is 1.26. The first-order valence-corrected chi connectivity index (χ1v) is 6.69. The van der Waals surface area contributed by atoms with Gasteiger partial charge in [0.05, 0.1) is 12.5 Å². The van der Waals surface area contributed by atoms with E-state index < -0.39 is 0 Å². The lowest BCUT2D eigenvalue weighted by atomic mass is 9.94. The van der Waals surface area contributed by atoms with Crippen LogP contribution in [0, 0.1) is 11.3 Å². The van der Waals surface area contributed by atoms with Crippen molar-refractivity contribution in [2.75, 3.05) is 0 Å². The zero-order chi connectivity index (χ0) is 14.5. The zero-order valence-corrected chi connectivity index (χ0v) is 11.4. The van der Waals surface area contributed by atoms with Crippen LogP contribution in [-0.4, -0.2) is 9.97 Å². The molecule has 100 valence electrons. The first kappa shape index (κ1) is 13.0. The molecule has 0 spiro atoms. The van der Waals surface area contributed by atoms with Gasteiger partial charge in [-0.3, -0.25) is 9.97 Å². The third-order valence-electron chi connectivity index (χ3n) is 3.31. The molecule has 0 N–H and O–H groups in total. The van der Waals surface area contributed by atoms with Crippen molar-refractivity contribution < 1.29 is 0 Å². The third kappa shape index (κ3) is 2.80.